The van der Waals surface area contributed by atoms with Crippen LogP contribution in [0.15, 0.2) is 0 Å². The van der Waals surface area contributed by atoms with Crippen LogP contribution in [-0.4, -0.2) is 92.3 Å². The molecule has 4 unspecified atom stereocenters. The van der Waals surface area contributed by atoms with Gasteiger partial charge in [0.25, 0.3) is 0 Å². The van der Waals surface area contributed by atoms with Gasteiger partial charge in [0, 0.05) is 85.9 Å². The van der Waals surface area contributed by atoms with Gasteiger partial charge in [-0.25, -0.2) is 4.79 Å². The molecule has 0 radical (unpaired) electrons. The number of nitrogens with zero attached hydrogens (tertiary/aromatic N) is 1. The Bertz CT molecular complexity index is 1970. The van der Waals surface area contributed by atoms with Crippen molar-refractivity contribution in [1.29, 1.82) is 0 Å². The molecule has 67 heavy (non-hydrogen) atoms. The highest BCUT2D eigenvalue weighted by atomic mass is 16.6. The molecular weight excluding hydrogens is 841 g/mol. The highest BCUT2D eigenvalue weighted by Gasteiger charge is 2.70. The summed E-state index contributed by atoms with van der Waals surface area (Å²) in [7, 11) is 5.58. The molecule has 1 saturated heterocycles. The summed E-state index contributed by atoms with van der Waals surface area (Å²) in [6.45, 7) is 25.1. The van der Waals surface area contributed by atoms with Gasteiger partial charge in [-0.3, -0.25) is 19.7 Å². The van der Waals surface area contributed by atoms with Crippen LogP contribution in [0.4, 0.5) is 4.79 Å². The second-order valence-corrected chi connectivity index (χ2v) is 24.2. The lowest BCUT2D eigenvalue weighted by Crippen LogP contribution is -2.63. The minimum Gasteiger partial charge on any atom is -0.445 e. The number of alkyl carbamates (subject to hydrolysis) is 1. The molecule has 6 saturated carbocycles. The number of carbonyl (C=O) groups is 4. The van der Waals surface area contributed by atoms with E-state index in [0.29, 0.717) is 43.9 Å². The number of hydrogen-bond acceptors (Lipinski definition) is 9. The van der Waals surface area contributed by atoms with Crippen molar-refractivity contribution in [3.05, 3.63) is 0 Å². The van der Waals surface area contributed by atoms with Gasteiger partial charge in [0.15, 0.2) is 0 Å². The molecule has 7 fully saturated rings. The molecule has 2 amide bonds. The Morgan fingerprint density at radius 2 is 1.16 bits per heavy atom. The average molecular weight is 931 g/mol. The normalized spacial score (nSPS) is 46.0. The van der Waals surface area contributed by atoms with Crippen LogP contribution in [0.5, 0.6) is 0 Å². The molecule has 18 atom stereocenters. The standard InChI is InChI=1S/C33H52N2O5.C24H38O3/c1-9-10-11-15-31(5)19-26(40-30(38)34-29(37)24-20-35(7)18-14-21(24)2)32(6)22(3)12-16-33(23(4)28(31)36)17-13-25(39-8)27(32)33;1-7-8-9-12-22(4)15-19(25)23(5)16(2)10-13-24(17(3)21(22)26)14-11-18(27-6)20(23)24/h21-27H,9,12-20H2,1-8H3,(H,34,37,38);16-20,25H,7,10-15H2,1-6H3/t21-,22+,23-,24-,25+,26+,27?,31+,32-,33?;16-,17+,18-,19-,20?,22-,23+,24?/m01/s1. The van der Waals surface area contributed by atoms with Crippen molar-refractivity contribution in [1.82, 2.24) is 10.2 Å². The van der Waals surface area contributed by atoms with E-state index in [2.05, 4.69) is 82.4 Å². The number of hydrogen-bond donors (Lipinski definition) is 2. The third-order valence-electron chi connectivity index (χ3n) is 20.9. The Kier molecular flexibility index (Phi) is 16.4. The number of rotatable bonds is 6. The van der Waals surface area contributed by atoms with Crippen molar-refractivity contribution in [3.8, 4) is 23.7 Å². The zero-order valence-electron chi connectivity index (χ0n) is 44.2. The maximum atomic E-state index is 14.4. The Morgan fingerprint density at radius 1 is 0.701 bits per heavy atom. The molecule has 6 aliphatic carbocycles. The summed E-state index contributed by atoms with van der Waals surface area (Å²) in [6.07, 6.45) is 10.7. The van der Waals surface area contributed by atoms with E-state index >= 15 is 0 Å². The molecule has 1 heterocycles. The number of methoxy groups -OCH3 is 2. The Morgan fingerprint density at radius 3 is 1.66 bits per heavy atom. The Balaban J connectivity index is 0.000000238. The van der Waals surface area contributed by atoms with Gasteiger partial charge in [0.05, 0.1) is 24.2 Å². The second kappa shape index (κ2) is 20.5. The summed E-state index contributed by atoms with van der Waals surface area (Å²) in [5, 5.41) is 14.2. The van der Waals surface area contributed by atoms with Crippen molar-refractivity contribution in [2.45, 2.75) is 197 Å². The number of amides is 2. The van der Waals surface area contributed by atoms with E-state index in [4.69, 9.17) is 14.2 Å². The topological polar surface area (TPSA) is 131 Å². The number of ketones is 2. The predicted octanol–water partition coefficient (Wildman–Crippen LogP) is 10.1. The molecule has 0 spiro atoms. The summed E-state index contributed by atoms with van der Waals surface area (Å²) < 4.78 is 18.4. The first-order valence-corrected chi connectivity index (χ1v) is 26.4. The van der Waals surface area contributed by atoms with Crippen molar-refractivity contribution in [3.63, 3.8) is 0 Å². The van der Waals surface area contributed by atoms with E-state index in [9.17, 15) is 24.3 Å². The quantitative estimate of drug-likeness (QED) is 0.250. The SMILES string of the molecule is CCC#CC[C@]1(C)C[C@@H](O)[C@@]2(C)C3[C@H](OC)CCC3(CC[C@H]2C)[C@@H](C)C1=O.CCC#CC[C@]1(C)C[C@@H](OC(=O)NC(=O)[C@H]2CN(C)CC[C@@H]2C)[C@@]2(C)C3[C@H](OC)CCC3(CC[C@H]2C)[C@@H](C)C1=O. The highest BCUT2D eigenvalue weighted by molar-refractivity contribution is 5.93. The fourth-order valence-corrected chi connectivity index (χ4v) is 16.2. The first-order valence-electron chi connectivity index (χ1n) is 26.4. The highest BCUT2D eigenvalue weighted by Crippen LogP contribution is 2.70. The van der Waals surface area contributed by atoms with E-state index in [0.717, 1.165) is 77.2 Å². The summed E-state index contributed by atoms with van der Waals surface area (Å²) >= 11 is 0. The van der Waals surface area contributed by atoms with E-state index in [-0.39, 0.29) is 81.6 Å². The van der Waals surface area contributed by atoms with Crippen molar-refractivity contribution in [2.75, 3.05) is 34.4 Å². The van der Waals surface area contributed by atoms with Gasteiger partial charge in [0.2, 0.25) is 5.91 Å². The molecule has 376 valence electrons. The number of carbonyl (C=O) groups excluding carboxylic acids is 4. The lowest BCUT2D eigenvalue weighted by molar-refractivity contribution is -0.191. The molecule has 7 aliphatic rings. The zero-order chi connectivity index (χ0) is 49.5. The van der Waals surface area contributed by atoms with Crippen LogP contribution in [0.1, 0.15) is 172 Å². The summed E-state index contributed by atoms with van der Waals surface area (Å²) in [4.78, 5) is 57.0. The van der Waals surface area contributed by atoms with Gasteiger partial charge in [-0.05, 0) is 119 Å². The van der Waals surface area contributed by atoms with Crippen LogP contribution < -0.4 is 5.32 Å². The van der Waals surface area contributed by atoms with Crippen molar-refractivity contribution >= 4 is 23.6 Å². The Hall–Kier alpha value is -2.76. The first kappa shape index (κ1) is 53.6. The van der Waals surface area contributed by atoms with Gasteiger partial charge >= 0.3 is 6.09 Å². The smallest absolute Gasteiger partial charge is 0.414 e. The van der Waals surface area contributed by atoms with Gasteiger partial charge in [-0.15, -0.1) is 23.7 Å². The predicted molar refractivity (Wildman–Crippen MR) is 263 cm³/mol. The minimum atomic E-state index is -0.751. The molecule has 4 bridgehead atoms. The third-order valence-corrected chi connectivity index (χ3v) is 20.9. The largest absolute Gasteiger partial charge is 0.445 e. The maximum absolute atomic E-state index is 14.4. The van der Waals surface area contributed by atoms with Gasteiger partial charge in [-0.2, -0.15) is 0 Å². The van der Waals surface area contributed by atoms with Crippen molar-refractivity contribution < 1.29 is 38.5 Å². The zero-order valence-corrected chi connectivity index (χ0v) is 44.2. The molecule has 0 aromatic rings. The Labute approximate surface area is 405 Å². The van der Waals surface area contributed by atoms with Crippen molar-refractivity contribution in [2.24, 2.45) is 79.8 Å². The van der Waals surface area contributed by atoms with Crippen LogP contribution >= 0.6 is 0 Å². The van der Waals surface area contributed by atoms with Crippen LogP contribution in [-0.2, 0) is 28.6 Å². The number of ether oxygens (including phenoxy) is 3. The number of likely N-dealkylation sites (tertiary alicyclic amines) is 1. The van der Waals surface area contributed by atoms with Crippen LogP contribution in [0.3, 0.4) is 0 Å². The molecule has 7 rings (SSSR count). The molecular formula is C57H90N2O8. The third kappa shape index (κ3) is 9.24. The van der Waals surface area contributed by atoms with Crippen LogP contribution in [0, 0.1) is 104 Å². The molecule has 10 nitrogen and oxygen atoms in total. The fraction of sp³-hybridized carbons (Fsp3) is 0.860. The summed E-state index contributed by atoms with van der Waals surface area (Å²) in [6, 6.07) is 0. The lowest BCUT2D eigenvalue weighted by Gasteiger charge is -2.61. The van der Waals surface area contributed by atoms with Crippen LogP contribution in [0.25, 0.3) is 0 Å². The van der Waals surface area contributed by atoms with Crippen LogP contribution in [0.2, 0.25) is 0 Å². The van der Waals surface area contributed by atoms with E-state index in [1.165, 1.54) is 0 Å². The van der Waals surface area contributed by atoms with Gasteiger partial charge in [0.1, 0.15) is 17.7 Å². The summed E-state index contributed by atoms with van der Waals surface area (Å²) in [5.41, 5.74) is -2.19. The number of Topliss-reactive ketones (excluding diaryl/α,β-unsaturated/α-hetero) is 2. The molecule has 1 aliphatic heterocycles. The number of nitrogens with one attached hydrogen (secondary N) is 1. The summed E-state index contributed by atoms with van der Waals surface area (Å²) in [5.74, 6) is 13.9. The van der Waals surface area contributed by atoms with E-state index in [1.807, 2.05) is 34.7 Å². The lowest BCUT2D eigenvalue weighted by atomic mass is 9.44. The van der Waals surface area contributed by atoms with E-state index in [1.54, 1.807) is 14.2 Å². The maximum Gasteiger partial charge on any atom is 0.414 e. The minimum absolute atomic E-state index is 0.00154. The number of imide groups is 1. The number of aliphatic hydroxyl groups excluding tert-OH is 1. The second-order valence-electron chi connectivity index (χ2n) is 24.2. The molecule has 0 aromatic carbocycles. The molecule has 0 aromatic heterocycles. The fourth-order valence-electron chi connectivity index (χ4n) is 16.2. The molecule has 2 N–H and O–H groups in total. The van der Waals surface area contributed by atoms with E-state index < -0.39 is 34.5 Å². The number of piperidine rings is 1. The van der Waals surface area contributed by atoms with Gasteiger partial charge in [-0.1, -0.05) is 76.2 Å². The number of aliphatic hydroxyl groups is 1. The molecule has 10 heteroatoms. The van der Waals surface area contributed by atoms with Gasteiger partial charge < -0.3 is 24.2 Å². The average Bonchev–Trinajstić information content (AvgIpc) is 3.89. The monoisotopic (exact) mass is 931 g/mol. The first-order chi connectivity index (χ1) is 31.5.